The van der Waals surface area contributed by atoms with E-state index in [1.54, 1.807) is 6.20 Å². The van der Waals surface area contributed by atoms with Gasteiger partial charge in [0.25, 0.3) is 0 Å². The van der Waals surface area contributed by atoms with Gasteiger partial charge in [-0.25, -0.2) is 9.97 Å². The second kappa shape index (κ2) is 5.85. The van der Waals surface area contributed by atoms with Crippen molar-refractivity contribution in [3.05, 3.63) is 21.5 Å². The van der Waals surface area contributed by atoms with Crippen molar-refractivity contribution in [1.82, 2.24) is 19.7 Å². The lowest BCUT2D eigenvalue weighted by Crippen LogP contribution is -2.09. The SMILES string of the molecule is CCCn1nccc1-c1nc(N)c(I)c(C(C)C)n1. The van der Waals surface area contributed by atoms with Crippen LogP contribution < -0.4 is 5.73 Å². The van der Waals surface area contributed by atoms with Crippen LogP contribution in [0.3, 0.4) is 0 Å². The zero-order valence-electron chi connectivity index (χ0n) is 11.4. The molecule has 0 aliphatic heterocycles. The predicted octanol–water partition coefficient (Wildman–Crippen LogP) is 3.06. The molecule has 0 fully saturated rings. The Hall–Kier alpha value is -1.18. The van der Waals surface area contributed by atoms with E-state index in [-0.39, 0.29) is 0 Å². The number of hydrogen-bond acceptors (Lipinski definition) is 4. The van der Waals surface area contributed by atoms with Gasteiger partial charge in [-0.15, -0.1) is 0 Å². The topological polar surface area (TPSA) is 69.6 Å². The van der Waals surface area contributed by atoms with Gasteiger partial charge in [0.05, 0.1) is 9.26 Å². The molecule has 0 radical (unpaired) electrons. The molecule has 0 unspecified atom stereocenters. The highest BCUT2D eigenvalue weighted by Crippen LogP contribution is 2.26. The smallest absolute Gasteiger partial charge is 0.180 e. The van der Waals surface area contributed by atoms with E-state index < -0.39 is 0 Å². The highest BCUT2D eigenvalue weighted by atomic mass is 127. The molecular weight excluding hydrogens is 353 g/mol. The highest BCUT2D eigenvalue weighted by molar-refractivity contribution is 14.1. The van der Waals surface area contributed by atoms with Gasteiger partial charge in [-0.2, -0.15) is 5.10 Å². The molecule has 0 aromatic carbocycles. The maximum absolute atomic E-state index is 6.00. The summed E-state index contributed by atoms with van der Waals surface area (Å²) in [7, 11) is 0. The Balaban J connectivity index is 2.53. The predicted molar refractivity (Wildman–Crippen MR) is 84.8 cm³/mol. The number of halogens is 1. The molecule has 0 amide bonds. The van der Waals surface area contributed by atoms with Crippen molar-refractivity contribution in [2.45, 2.75) is 39.7 Å². The second-order valence-electron chi connectivity index (χ2n) is 4.73. The number of nitrogens with zero attached hydrogens (tertiary/aromatic N) is 4. The van der Waals surface area contributed by atoms with Gasteiger partial charge in [-0.05, 0) is 41.0 Å². The number of aromatic nitrogens is 4. The van der Waals surface area contributed by atoms with Crippen molar-refractivity contribution in [3.8, 4) is 11.5 Å². The minimum atomic E-state index is 0.318. The van der Waals surface area contributed by atoms with Gasteiger partial charge in [0.15, 0.2) is 5.82 Å². The summed E-state index contributed by atoms with van der Waals surface area (Å²) in [5, 5.41) is 4.30. The van der Waals surface area contributed by atoms with Gasteiger partial charge < -0.3 is 5.73 Å². The van der Waals surface area contributed by atoms with Gasteiger partial charge >= 0.3 is 0 Å². The first-order chi connectivity index (χ1) is 9.04. The fourth-order valence-electron chi connectivity index (χ4n) is 1.89. The van der Waals surface area contributed by atoms with Crippen molar-refractivity contribution in [3.63, 3.8) is 0 Å². The fourth-order valence-corrected chi connectivity index (χ4v) is 2.76. The van der Waals surface area contributed by atoms with E-state index in [2.05, 4.69) is 58.4 Å². The molecule has 0 saturated carbocycles. The summed E-state index contributed by atoms with van der Waals surface area (Å²) in [6.07, 6.45) is 2.79. The molecule has 102 valence electrons. The van der Waals surface area contributed by atoms with E-state index in [9.17, 15) is 0 Å². The van der Waals surface area contributed by atoms with E-state index in [0.29, 0.717) is 17.6 Å². The second-order valence-corrected chi connectivity index (χ2v) is 5.80. The van der Waals surface area contributed by atoms with Crippen LogP contribution in [0.4, 0.5) is 5.82 Å². The molecule has 2 N–H and O–H groups in total. The monoisotopic (exact) mass is 371 g/mol. The molecule has 2 heterocycles. The van der Waals surface area contributed by atoms with Crippen molar-refractivity contribution in [2.75, 3.05) is 5.73 Å². The summed E-state index contributed by atoms with van der Waals surface area (Å²) in [6.45, 7) is 7.19. The summed E-state index contributed by atoms with van der Waals surface area (Å²) < 4.78 is 2.86. The summed E-state index contributed by atoms with van der Waals surface area (Å²) in [5.74, 6) is 1.52. The van der Waals surface area contributed by atoms with Crippen LogP contribution in [0.5, 0.6) is 0 Å². The van der Waals surface area contributed by atoms with E-state index in [1.165, 1.54) is 0 Å². The third kappa shape index (κ3) is 2.88. The largest absolute Gasteiger partial charge is 0.383 e. The molecule has 0 spiro atoms. The molecule has 0 atom stereocenters. The van der Waals surface area contributed by atoms with E-state index >= 15 is 0 Å². The molecule has 0 aliphatic carbocycles. The van der Waals surface area contributed by atoms with Crippen LogP contribution in [0.2, 0.25) is 0 Å². The van der Waals surface area contributed by atoms with Gasteiger partial charge in [0.2, 0.25) is 0 Å². The molecule has 5 nitrogen and oxygen atoms in total. The Labute approximate surface area is 126 Å². The molecule has 19 heavy (non-hydrogen) atoms. The third-order valence-electron chi connectivity index (χ3n) is 2.83. The molecule has 2 rings (SSSR count). The van der Waals surface area contributed by atoms with Gasteiger partial charge in [0.1, 0.15) is 11.5 Å². The van der Waals surface area contributed by atoms with Gasteiger partial charge in [-0.1, -0.05) is 20.8 Å². The summed E-state index contributed by atoms with van der Waals surface area (Å²) in [4.78, 5) is 9.06. The van der Waals surface area contributed by atoms with E-state index in [4.69, 9.17) is 5.73 Å². The number of hydrogen-bond donors (Lipinski definition) is 1. The number of nitrogen functional groups attached to an aromatic ring is 1. The van der Waals surface area contributed by atoms with Crippen LogP contribution >= 0.6 is 22.6 Å². The van der Waals surface area contributed by atoms with E-state index in [1.807, 2.05) is 10.7 Å². The van der Waals surface area contributed by atoms with Gasteiger partial charge in [0, 0.05) is 12.7 Å². The van der Waals surface area contributed by atoms with Crippen molar-refractivity contribution >= 4 is 28.4 Å². The molecule has 2 aromatic rings. The maximum atomic E-state index is 6.00. The van der Waals surface area contributed by atoms with Crippen LogP contribution in [0.15, 0.2) is 12.3 Å². The van der Waals surface area contributed by atoms with E-state index in [0.717, 1.165) is 27.9 Å². The Bertz CT molecular complexity index is 576. The summed E-state index contributed by atoms with van der Waals surface area (Å²) >= 11 is 2.21. The number of rotatable bonds is 4. The molecular formula is C13H18IN5. The molecule has 6 heteroatoms. The third-order valence-corrected chi connectivity index (χ3v) is 3.94. The Kier molecular flexibility index (Phi) is 4.38. The van der Waals surface area contributed by atoms with Crippen LogP contribution in [-0.2, 0) is 6.54 Å². The number of anilines is 1. The lowest BCUT2D eigenvalue weighted by Gasteiger charge is -2.12. The first-order valence-corrected chi connectivity index (χ1v) is 7.47. The van der Waals surface area contributed by atoms with Crippen molar-refractivity contribution < 1.29 is 0 Å². The zero-order valence-corrected chi connectivity index (χ0v) is 13.5. The standard InChI is InChI=1S/C13H18IN5/c1-4-7-19-9(5-6-16-19)13-17-11(8(2)3)10(14)12(15)18-13/h5-6,8H,4,7H2,1-3H3,(H2,15,17,18). The van der Waals surface area contributed by atoms with Crippen LogP contribution in [0.1, 0.15) is 38.8 Å². The normalized spacial score (nSPS) is 11.2. The minimum absolute atomic E-state index is 0.318. The quantitative estimate of drug-likeness (QED) is 0.839. The summed E-state index contributed by atoms with van der Waals surface area (Å²) in [6, 6.07) is 1.93. The van der Waals surface area contributed by atoms with Crippen LogP contribution in [-0.4, -0.2) is 19.7 Å². The molecule has 0 bridgehead atoms. The van der Waals surface area contributed by atoms with Crippen molar-refractivity contribution in [1.29, 1.82) is 0 Å². The Morgan fingerprint density at radius 1 is 1.37 bits per heavy atom. The zero-order chi connectivity index (χ0) is 14.0. The summed E-state index contributed by atoms with van der Waals surface area (Å²) in [5.41, 5.74) is 7.92. The fraction of sp³-hybridized carbons (Fsp3) is 0.462. The molecule has 2 aromatic heterocycles. The van der Waals surface area contributed by atoms with Crippen molar-refractivity contribution in [2.24, 2.45) is 0 Å². The first-order valence-electron chi connectivity index (χ1n) is 6.39. The van der Waals surface area contributed by atoms with Crippen LogP contribution in [0.25, 0.3) is 11.5 Å². The number of nitrogens with two attached hydrogens (primary N) is 1. The average Bonchev–Trinajstić information content (AvgIpc) is 2.81. The average molecular weight is 371 g/mol. The minimum Gasteiger partial charge on any atom is -0.383 e. The Morgan fingerprint density at radius 2 is 2.11 bits per heavy atom. The first kappa shape index (κ1) is 14.2. The maximum Gasteiger partial charge on any atom is 0.180 e. The number of aryl methyl sites for hydroxylation is 1. The lowest BCUT2D eigenvalue weighted by molar-refractivity contribution is 0.606. The lowest BCUT2D eigenvalue weighted by atomic mass is 10.1. The molecule has 0 saturated heterocycles. The Morgan fingerprint density at radius 3 is 2.74 bits per heavy atom. The van der Waals surface area contributed by atoms with Gasteiger partial charge in [-0.3, -0.25) is 4.68 Å². The van der Waals surface area contributed by atoms with Crippen LogP contribution in [0, 0.1) is 3.57 Å². The highest BCUT2D eigenvalue weighted by Gasteiger charge is 2.16. The molecule has 0 aliphatic rings.